The molecule has 0 fully saturated rings. The molecule has 0 aliphatic rings. The molecule has 1 heterocycles. The molecule has 0 saturated carbocycles. The van der Waals surface area contributed by atoms with Gasteiger partial charge in [0.05, 0.1) is 0 Å². The van der Waals surface area contributed by atoms with Crippen molar-refractivity contribution in [1.82, 2.24) is 9.97 Å². The summed E-state index contributed by atoms with van der Waals surface area (Å²) in [6, 6.07) is 3.52. The van der Waals surface area contributed by atoms with Crippen molar-refractivity contribution in [3.8, 4) is 11.4 Å². The zero-order chi connectivity index (χ0) is 13.3. The Bertz CT molecular complexity index is 599. The number of nitrogens with one attached hydrogen (secondary N) is 1. The van der Waals surface area contributed by atoms with Crippen LogP contribution in [0.4, 0.5) is 14.6 Å². The van der Waals surface area contributed by atoms with Crippen LogP contribution in [0, 0.1) is 25.5 Å². The van der Waals surface area contributed by atoms with Crippen molar-refractivity contribution in [3.05, 3.63) is 41.1 Å². The maximum absolute atomic E-state index is 13.2. The molecule has 3 N–H and O–H groups in total. The Morgan fingerprint density at radius 2 is 1.83 bits per heavy atom. The summed E-state index contributed by atoms with van der Waals surface area (Å²) in [5, 5.41) is 0. The number of aromatic nitrogens is 2. The van der Waals surface area contributed by atoms with Gasteiger partial charge in [0.15, 0.2) is 17.5 Å². The van der Waals surface area contributed by atoms with E-state index in [1.54, 1.807) is 6.92 Å². The molecule has 0 unspecified atom stereocenters. The summed E-state index contributed by atoms with van der Waals surface area (Å²) in [7, 11) is 0. The molecule has 1 aromatic heterocycles. The fourth-order valence-corrected chi connectivity index (χ4v) is 1.53. The fraction of sp³-hybridized carbons (Fsp3) is 0.167. The number of anilines is 1. The van der Waals surface area contributed by atoms with Crippen LogP contribution in [0.2, 0.25) is 0 Å². The van der Waals surface area contributed by atoms with Gasteiger partial charge < -0.3 is 5.43 Å². The Morgan fingerprint density at radius 3 is 2.44 bits per heavy atom. The van der Waals surface area contributed by atoms with Crippen molar-refractivity contribution >= 4 is 5.82 Å². The smallest absolute Gasteiger partial charge is 0.161 e. The first-order chi connectivity index (χ1) is 8.52. The third-order valence-corrected chi connectivity index (χ3v) is 2.70. The molecule has 2 rings (SSSR count). The normalized spacial score (nSPS) is 10.5. The Kier molecular flexibility index (Phi) is 3.20. The number of hydrogen-bond acceptors (Lipinski definition) is 4. The summed E-state index contributed by atoms with van der Waals surface area (Å²) < 4.78 is 26.0. The van der Waals surface area contributed by atoms with Crippen LogP contribution in [0.5, 0.6) is 0 Å². The lowest BCUT2D eigenvalue weighted by Gasteiger charge is -2.09. The third kappa shape index (κ3) is 2.14. The molecule has 2 aromatic rings. The van der Waals surface area contributed by atoms with Crippen molar-refractivity contribution < 1.29 is 8.78 Å². The second-order valence-corrected chi connectivity index (χ2v) is 3.88. The van der Waals surface area contributed by atoms with Crippen LogP contribution in [0.1, 0.15) is 11.3 Å². The SMILES string of the molecule is Cc1nc(-c2ccc(F)c(F)c2)nc(NN)c1C. The molecule has 0 saturated heterocycles. The van der Waals surface area contributed by atoms with Crippen LogP contribution in [-0.2, 0) is 0 Å². The molecule has 0 atom stereocenters. The molecule has 0 aliphatic carbocycles. The van der Waals surface area contributed by atoms with E-state index >= 15 is 0 Å². The molecule has 1 aromatic carbocycles. The number of nitrogens with two attached hydrogens (primary N) is 1. The van der Waals surface area contributed by atoms with Crippen LogP contribution in [0.3, 0.4) is 0 Å². The van der Waals surface area contributed by atoms with Crippen molar-refractivity contribution in [2.45, 2.75) is 13.8 Å². The summed E-state index contributed by atoms with van der Waals surface area (Å²) in [6.45, 7) is 3.61. The molecule has 18 heavy (non-hydrogen) atoms. The van der Waals surface area contributed by atoms with Crippen LogP contribution >= 0.6 is 0 Å². The second kappa shape index (κ2) is 4.66. The zero-order valence-corrected chi connectivity index (χ0v) is 9.96. The third-order valence-electron chi connectivity index (χ3n) is 2.70. The number of hydrogen-bond donors (Lipinski definition) is 2. The fourth-order valence-electron chi connectivity index (χ4n) is 1.53. The number of nitrogens with zero attached hydrogens (tertiary/aromatic N) is 2. The predicted octanol–water partition coefficient (Wildman–Crippen LogP) is 2.32. The maximum atomic E-state index is 13.2. The molecule has 0 bridgehead atoms. The Morgan fingerprint density at radius 1 is 1.11 bits per heavy atom. The van der Waals surface area contributed by atoms with Gasteiger partial charge in [0.2, 0.25) is 0 Å². The van der Waals surface area contributed by atoms with Gasteiger partial charge in [-0.1, -0.05) is 0 Å². The Hall–Kier alpha value is -2.08. The van der Waals surface area contributed by atoms with Gasteiger partial charge in [-0.3, -0.25) is 0 Å². The van der Waals surface area contributed by atoms with Gasteiger partial charge in [-0.2, -0.15) is 0 Å². The van der Waals surface area contributed by atoms with Gasteiger partial charge >= 0.3 is 0 Å². The molecule has 4 nitrogen and oxygen atoms in total. The highest BCUT2D eigenvalue weighted by Gasteiger charge is 2.11. The molecule has 0 amide bonds. The number of benzene rings is 1. The number of rotatable bonds is 2. The lowest BCUT2D eigenvalue weighted by molar-refractivity contribution is 0.509. The summed E-state index contributed by atoms with van der Waals surface area (Å²) >= 11 is 0. The van der Waals surface area contributed by atoms with E-state index in [4.69, 9.17) is 5.84 Å². The number of halogens is 2. The summed E-state index contributed by atoms with van der Waals surface area (Å²) in [4.78, 5) is 8.38. The quantitative estimate of drug-likeness (QED) is 0.634. The van der Waals surface area contributed by atoms with Crippen molar-refractivity contribution in [2.75, 3.05) is 5.43 Å². The highest BCUT2D eigenvalue weighted by Crippen LogP contribution is 2.22. The highest BCUT2D eigenvalue weighted by molar-refractivity contribution is 5.59. The van der Waals surface area contributed by atoms with Crippen LogP contribution in [0.15, 0.2) is 18.2 Å². The molecular weight excluding hydrogens is 238 g/mol. The average Bonchev–Trinajstić information content (AvgIpc) is 2.36. The van der Waals surface area contributed by atoms with Gasteiger partial charge in [-0.15, -0.1) is 0 Å². The predicted molar refractivity (Wildman–Crippen MR) is 64.7 cm³/mol. The average molecular weight is 250 g/mol. The zero-order valence-electron chi connectivity index (χ0n) is 9.96. The van der Waals surface area contributed by atoms with E-state index in [0.29, 0.717) is 17.2 Å². The van der Waals surface area contributed by atoms with Crippen LogP contribution < -0.4 is 11.3 Å². The molecule has 94 valence electrons. The molecular formula is C12H12F2N4. The lowest BCUT2D eigenvalue weighted by atomic mass is 10.1. The van der Waals surface area contributed by atoms with Gasteiger partial charge in [0.25, 0.3) is 0 Å². The van der Waals surface area contributed by atoms with Crippen molar-refractivity contribution in [1.29, 1.82) is 0 Å². The van der Waals surface area contributed by atoms with E-state index < -0.39 is 11.6 Å². The monoisotopic (exact) mass is 250 g/mol. The summed E-state index contributed by atoms with van der Waals surface area (Å²) in [5.41, 5.74) is 4.38. The second-order valence-electron chi connectivity index (χ2n) is 3.88. The van der Waals surface area contributed by atoms with E-state index in [9.17, 15) is 8.78 Å². The molecule has 0 spiro atoms. The molecule has 0 radical (unpaired) electrons. The minimum absolute atomic E-state index is 0.296. The van der Waals surface area contributed by atoms with Crippen LogP contribution in [0.25, 0.3) is 11.4 Å². The minimum Gasteiger partial charge on any atom is -0.308 e. The summed E-state index contributed by atoms with van der Waals surface area (Å²) in [6.07, 6.45) is 0. The van der Waals surface area contributed by atoms with E-state index in [0.717, 1.165) is 23.4 Å². The van der Waals surface area contributed by atoms with Crippen LogP contribution in [-0.4, -0.2) is 9.97 Å². The van der Waals surface area contributed by atoms with Gasteiger partial charge in [0, 0.05) is 16.8 Å². The van der Waals surface area contributed by atoms with E-state index in [1.165, 1.54) is 6.07 Å². The standard InChI is InChI=1S/C12H12F2N4/c1-6-7(2)16-12(17-11(6)18-15)8-3-4-9(13)10(14)5-8/h3-5H,15H2,1-2H3,(H,16,17,18). The maximum Gasteiger partial charge on any atom is 0.161 e. The first-order valence-electron chi connectivity index (χ1n) is 5.30. The molecule has 0 aliphatic heterocycles. The Balaban J connectivity index is 2.57. The topological polar surface area (TPSA) is 63.8 Å². The van der Waals surface area contributed by atoms with E-state index in [-0.39, 0.29) is 0 Å². The summed E-state index contributed by atoms with van der Waals surface area (Å²) in [5.74, 6) is 4.27. The number of aryl methyl sites for hydroxylation is 1. The van der Waals surface area contributed by atoms with E-state index in [2.05, 4.69) is 15.4 Å². The van der Waals surface area contributed by atoms with Gasteiger partial charge in [0.1, 0.15) is 5.82 Å². The number of nitrogen functional groups attached to an aromatic ring is 1. The number of hydrazine groups is 1. The van der Waals surface area contributed by atoms with Gasteiger partial charge in [-0.05, 0) is 32.0 Å². The minimum atomic E-state index is -0.934. The highest BCUT2D eigenvalue weighted by atomic mass is 19.2. The lowest BCUT2D eigenvalue weighted by Crippen LogP contribution is -2.12. The largest absolute Gasteiger partial charge is 0.308 e. The Labute approximate surface area is 103 Å². The molecule has 6 heteroatoms. The van der Waals surface area contributed by atoms with Gasteiger partial charge in [-0.25, -0.2) is 24.6 Å². The van der Waals surface area contributed by atoms with E-state index in [1.807, 2.05) is 6.92 Å². The van der Waals surface area contributed by atoms with Crippen molar-refractivity contribution in [3.63, 3.8) is 0 Å². The first-order valence-corrected chi connectivity index (χ1v) is 5.30. The first kappa shape index (κ1) is 12.4. The van der Waals surface area contributed by atoms with Crippen molar-refractivity contribution in [2.24, 2.45) is 5.84 Å².